The van der Waals surface area contributed by atoms with E-state index >= 15 is 0 Å². The van der Waals surface area contributed by atoms with E-state index in [-0.39, 0.29) is 17.3 Å². The Bertz CT molecular complexity index is 1340. The molecule has 0 aliphatic rings. The van der Waals surface area contributed by atoms with Crippen molar-refractivity contribution in [3.05, 3.63) is 106 Å². The Morgan fingerprint density at radius 3 is 2.47 bits per heavy atom. The standard InChI is InChI=1S/C26H24FN3O3S/c1-33-15-14-28-24(31)20-10-6-18(7-11-20)16-30-25(32)22-4-2-3-5-23(22)29-26(30)34-17-19-8-12-21(27)13-9-19/h2-13H,14-17H2,1H3,(H,28,31). The van der Waals surface area contributed by atoms with Crippen LogP contribution < -0.4 is 10.9 Å². The Balaban J connectivity index is 1.59. The zero-order chi connectivity index (χ0) is 23.9. The molecule has 0 radical (unpaired) electrons. The third-order valence-corrected chi connectivity index (χ3v) is 6.30. The maximum absolute atomic E-state index is 13.3. The molecule has 174 valence electrons. The predicted molar refractivity (Wildman–Crippen MR) is 132 cm³/mol. The molecule has 1 heterocycles. The molecule has 4 rings (SSSR count). The molecule has 0 unspecified atom stereocenters. The fourth-order valence-electron chi connectivity index (χ4n) is 3.44. The highest BCUT2D eigenvalue weighted by atomic mass is 32.2. The van der Waals surface area contributed by atoms with Gasteiger partial charge in [-0.2, -0.15) is 0 Å². The van der Waals surface area contributed by atoms with Crippen LogP contribution in [0.15, 0.2) is 82.7 Å². The zero-order valence-electron chi connectivity index (χ0n) is 18.7. The molecular formula is C26H24FN3O3S. The van der Waals surface area contributed by atoms with Crippen LogP contribution in [0.5, 0.6) is 0 Å². The van der Waals surface area contributed by atoms with Gasteiger partial charge in [-0.25, -0.2) is 9.37 Å². The molecule has 0 aliphatic carbocycles. The van der Waals surface area contributed by atoms with Crippen LogP contribution in [0.4, 0.5) is 4.39 Å². The topological polar surface area (TPSA) is 73.2 Å². The van der Waals surface area contributed by atoms with Gasteiger partial charge in [-0.05, 0) is 47.5 Å². The number of benzene rings is 3. The molecule has 34 heavy (non-hydrogen) atoms. The normalized spacial score (nSPS) is 11.0. The summed E-state index contributed by atoms with van der Waals surface area (Å²) in [4.78, 5) is 30.3. The minimum absolute atomic E-state index is 0.131. The molecule has 1 aromatic heterocycles. The van der Waals surface area contributed by atoms with Crippen LogP contribution in [0.1, 0.15) is 21.5 Å². The average Bonchev–Trinajstić information content (AvgIpc) is 2.86. The molecule has 8 heteroatoms. The molecule has 1 amide bonds. The number of rotatable bonds is 9. The smallest absolute Gasteiger partial charge is 0.262 e. The van der Waals surface area contributed by atoms with Gasteiger partial charge < -0.3 is 10.1 Å². The molecule has 1 N–H and O–H groups in total. The van der Waals surface area contributed by atoms with E-state index in [9.17, 15) is 14.0 Å². The van der Waals surface area contributed by atoms with Gasteiger partial charge in [0.05, 0.1) is 24.1 Å². The molecule has 3 aromatic carbocycles. The van der Waals surface area contributed by atoms with Crippen LogP contribution in [-0.4, -0.2) is 35.7 Å². The first kappa shape index (κ1) is 23.7. The second-order valence-electron chi connectivity index (χ2n) is 7.66. The highest BCUT2D eigenvalue weighted by molar-refractivity contribution is 7.98. The number of fused-ring (bicyclic) bond motifs is 1. The first-order valence-corrected chi connectivity index (χ1v) is 11.8. The summed E-state index contributed by atoms with van der Waals surface area (Å²) in [6.07, 6.45) is 0. The number of nitrogens with zero attached hydrogens (tertiary/aromatic N) is 2. The summed E-state index contributed by atoms with van der Waals surface area (Å²) in [6, 6.07) is 20.7. The lowest BCUT2D eigenvalue weighted by molar-refractivity contribution is 0.0937. The molecule has 0 fully saturated rings. The molecule has 0 aliphatic heterocycles. The van der Waals surface area contributed by atoms with Crippen molar-refractivity contribution < 1.29 is 13.9 Å². The van der Waals surface area contributed by atoms with Crippen molar-refractivity contribution in [2.24, 2.45) is 0 Å². The number of carbonyl (C=O) groups excluding carboxylic acids is 1. The molecule has 0 saturated carbocycles. The third-order valence-electron chi connectivity index (χ3n) is 5.26. The first-order chi connectivity index (χ1) is 16.5. The molecule has 0 atom stereocenters. The lowest BCUT2D eigenvalue weighted by Gasteiger charge is -2.14. The number of hydrogen-bond acceptors (Lipinski definition) is 5. The summed E-state index contributed by atoms with van der Waals surface area (Å²) >= 11 is 1.43. The van der Waals surface area contributed by atoms with Crippen LogP contribution in [0.2, 0.25) is 0 Å². The second-order valence-corrected chi connectivity index (χ2v) is 8.61. The van der Waals surface area contributed by atoms with E-state index in [1.807, 2.05) is 30.3 Å². The maximum Gasteiger partial charge on any atom is 0.262 e. The molecule has 0 spiro atoms. The van der Waals surface area contributed by atoms with Gasteiger partial charge in [-0.1, -0.05) is 48.2 Å². The van der Waals surface area contributed by atoms with E-state index in [4.69, 9.17) is 9.72 Å². The number of aromatic nitrogens is 2. The van der Waals surface area contributed by atoms with Crippen LogP contribution in [0.3, 0.4) is 0 Å². The van der Waals surface area contributed by atoms with Gasteiger partial charge in [-0.3, -0.25) is 14.2 Å². The molecule has 0 bridgehead atoms. The van der Waals surface area contributed by atoms with Crippen molar-refractivity contribution >= 4 is 28.6 Å². The summed E-state index contributed by atoms with van der Waals surface area (Å²) in [6.45, 7) is 1.19. The number of hydrogen-bond donors (Lipinski definition) is 1. The first-order valence-electron chi connectivity index (χ1n) is 10.8. The van der Waals surface area contributed by atoms with E-state index in [1.54, 1.807) is 42.0 Å². The van der Waals surface area contributed by atoms with Gasteiger partial charge in [0.15, 0.2) is 5.16 Å². The van der Waals surface area contributed by atoms with Gasteiger partial charge in [0.1, 0.15) is 5.82 Å². The van der Waals surface area contributed by atoms with Crippen molar-refractivity contribution in [2.75, 3.05) is 20.3 Å². The summed E-state index contributed by atoms with van der Waals surface area (Å²) in [5.41, 5.74) is 2.84. The van der Waals surface area contributed by atoms with E-state index in [0.717, 1.165) is 11.1 Å². The molecule has 6 nitrogen and oxygen atoms in total. The van der Waals surface area contributed by atoms with Gasteiger partial charge in [-0.15, -0.1) is 0 Å². The quantitative estimate of drug-likeness (QED) is 0.222. The number of ether oxygens (including phenoxy) is 1. The van der Waals surface area contributed by atoms with Gasteiger partial charge in [0, 0.05) is 25.0 Å². The van der Waals surface area contributed by atoms with Crippen LogP contribution >= 0.6 is 11.8 Å². The van der Waals surface area contributed by atoms with Crippen molar-refractivity contribution in [2.45, 2.75) is 17.5 Å². The SMILES string of the molecule is COCCNC(=O)c1ccc(Cn2c(SCc3ccc(F)cc3)nc3ccccc3c2=O)cc1. The Morgan fingerprint density at radius 2 is 1.74 bits per heavy atom. The fourth-order valence-corrected chi connectivity index (χ4v) is 4.39. The second kappa shape index (κ2) is 11.1. The summed E-state index contributed by atoms with van der Waals surface area (Å²) in [5.74, 6) is 0.0834. The molecular weight excluding hydrogens is 453 g/mol. The Kier molecular flexibility index (Phi) is 7.72. The predicted octanol–water partition coefficient (Wildman–Crippen LogP) is 4.25. The number of amides is 1. The van der Waals surface area contributed by atoms with E-state index in [1.165, 1.54) is 23.9 Å². The van der Waals surface area contributed by atoms with E-state index < -0.39 is 0 Å². The average molecular weight is 478 g/mol. The van der Waals surface area contributed by atoms with E-state index in [2.05, 4.69) is 5.32 Å². The highest BCUT2D eigenvalue weighted by Crippen LogP contribution is 2.23. The van der Waals surface area contributed by atoms with E-state index in [0.29, 0.717) is 47.1 Å². The molecule has 0 saturated heterocycles. The van der Waals surface area contributed by atoms with Crippen LogP contribution in [0, 0.1) is 5.82 Å². The Hall–Kier alpha value is -3.49. The number of thioether (sulfide) groups is 1. The maximum atomic E-state index is 13.3. The Labute approximate surface area is 200 Å². The summed E-state index contributed by atoms with van der Waals surface area (Å²) in [7, 11) is 1.58. The minimum Gasteiger partial charge on any atom is -0.383 e. The zero-order valence-corrected chi connectivity index (χ0v) is 19.5. The number of methoxy groups -OCH3 is 1. The Morgan fingerprint density at radius 1 is 1.03 bits per heavy atom. The van der Waals surface area contributed by atoms with Crippen molar-refractivity contribution in [1.29, 1.82) is 0 Å². The van der Waals surface area contributed by atoms with Crippen molar-refractivity contribution in [3.8, 4) is 0 Å². The van der Waals surface area contributed by atoms with Crippen LogP contribution in [-0.2, 0) is 17.0 Å². The van der Waals surface area contributed by atoms with Crippen molar-refractivity contribution in [1.82, 2.24) is 14.9 Å². The van der Waals surface area contributed by atoms with Crippen molar-refractivity contribution in [3.63, 3.8) is 0 Å². The van der Waals surface area contributed by atoms with Crippen LogP contribution in [0.25, 0.3) is 10.9 Å². The minimum atomic E-state index is -0.287. The lowest BCUT2D eigenvalue weighted by Crippen LogP contribution is -2.27. The molecule has 4 aromatic rings. The number of para-hydroxylation sites is 1. The summed E-state index contributed by atoms with van der Waals surface area (Å²) < 4.78 is 19.8. The fraction of sp³-hybridized carbons (Fsp3) is 0.192. The van der Waals surface area contributed by atoms with Gasteiger partial charge in [0.2, 0.25) is 0 Å². The monoisotopic (exact) mass is 477 g/mol. The lowest BCUT2D eigenvalue weighted by atomic mass is 10.1. The van der Waals surface area contributed by atoms with Gasteiger partial charge in [0.25, 0.3) is 11.5 Å². The third kappa shape index (κ3) is 5.70. The number of carbonyl (C=O) groups is 1. The van der Waals surface area contributed by atoms with Gasteiger partial charge >= 0.3 is 0 Å². The highest BCUT2D eigenvalue weighted by Gasteiger charge is 2.13. The summed E-state index contributed by atoms with van der Waals surface area (Å²) in [5, 5.41) is 3.91. The number of nitrogens with one attached hydrogen (secondary N) is 1. The largest absolute Gasteiger partial charge is 0.383 e. The number of halogens is 1.